The number of methoxy groups -OCH3 is 1. The summed E-state index contributed by atoms with van der Waals surface area (Å²) in [6.07, 6.45) is 0.851. The van der Waals surface area contributed by atoms with Gasteiger partial charge in [-0.25, -0.2) is 4.68 Å². The molecule has 1 N–H and O–H groups in total. The minimum absolute atomic E-state index is 0.0753. The van der Waals surface area contributed by atoms with Crippen LogP contribution in [0.1, 0.15) is 30.8 Å². The zero-order valence-electron chi connectivity index (χ0n) is 15.6. The van der Waals surface area contributed by atoms with Gasteiger partial charge >= 0.3 is 0 Å². The fourth-order valence-corrected chi connectivity index (χ4v) is 2.77. The van der Waals surface area contributed by atoms with Crippen molar-refractivity contribution in [3.63, 3.8) is 0 Å². The van der Waals surface area contributed by atoms with Gasteiger partial charge in [-0.15, -0.1) is 0 Å². The number of nitrogens with zero attached hydrogens (tertiary/aromatic N) is 2. The lowest BCUT2D eigenvalue weighted by Crippen LogP contribution is -2.33. The third-order valence-corrected chi connectivity index (χ3v) is 4.62. The molecule has 2 aromatic carbocycles. The van der Waals surface area contributed by atoms with E-state index in [1.54, 1.807) is 30.0 Å². The van der Waals surface area contributed by atoms with E-state index in [9.17, 15) is 4.79 Å². The number of amides is 1. The number of hydrogen-bond donors (Lipinski definition) is 1. The Morgan fingerprint density at radius 2 is 1.96 bits per heavy atom. The van der Waals surface area contributed by atoms with Gasteiger partial charge in [0, 0.05) is 16.6 Å². The zero-order valence-corrected chi connectivity index (χ0v) is 16.3. The number of hydrogen-bond acceptors (Lipinski definition) is 3. The van der Waals surface area contributed by atoms with Gasteiger partial charge in [0.25, 0.3) is 5.91 Å². The van der Waals surface area contributed by atoms with Gasteiger partial charge in [-0.1, -0.05) is 30.7 Å². The van der Waals surface area contributed by atoms with Gasteiger partial charge in [-0.2, -0.15) is 5.10 Å². The second-order valence-electron chi connectivity index (χ2n) is 6.32. The lowest BCUT2D eigenvalue weighted by molar-refractivity contribution is 0.0931. The summed E-state index contributed by atoms with van der Waals surface area (Å²) in [6.45, 7) is 4.01. The molecule has 140 valence electrons. The van der Waals surface area contributed by atoms with E-state index < -0.39 is 0 Å². The quantitative estimate of drug-likeness (QED) is 0.669. The summed E-state index contributed by atoms with van der Waals surface area (Å²) in [7, 11) is 1.62. The number of aromatic nitrogens is 2. The van der Waals surface area contributed by atoms with E-state index in [0.717, 1.165) is 23.4 Å². The second-order valence-corrected chi connectivity index (χ2v) is 6.75. The number of carbonyl (C=O) groups excluding carboxylic acids is 1. The highest BCUT2D eigenvalue weighted by molar-refractivity contribution is 6.30. The molecule has 0 unspecified atom stereocenters. The Morgan fingerprint density at radius 1 is 1.22 bits per heavy atom. The highest BCUT2D eigenvalue weighted by Gasteiger charge is 2.19. The molecule has 0 saturated carbocycles. The van der Waals surface area contributed by atoms with Crippen LogP contribution in [0.3, 0.4) is 0 Å². The number of rotatable bonds is 6. The Kier molecular flexibility index (Phi) is 5.81. The first kappa shape index (κ1) is 19.0. The average molecular weight is 384 g/mol. The molecule has 5 nitrogen and oxygen atoms in total. The van der Waals surface area contributed by atoms with Crippen LogP contribution in [0, 0.1) is 0 Å². The van der Waals surface area contributed by atoms with Crippen molar-refractivity contribution >= 4 is 17.5 Å². The molecule has 0 fully saturated rings. The molecule has 3 aromatic rings. The number of carbonyl (C=O) groups is 1. The maximum absolute atomic E-state index is 12.8. The van der Waals surface area contributed by atoms with E-state index in [2.05, 4.69) is 10.4 Å². The highest BCUT2D eigenvalue weighted by atomic mass is 35.5. The summed E-state index contributed by atoms with van der Waals surface area (Å²) in [6, 6.07) is 16.7. The largest absolute Gasteiger partial charge is 0.497 e. The SMILES string of the molecule is CC[C@@H](C)NC(=O)c1cc(-c2cccc(OC)c2)nn1-c1ccc(Cl)cc1. The molecule has 27 heavy (non-hydrogen) atoms. The van der Waals surface area contributed by atoms with Crippen molar-refractivity contribution in [1.82, 2.24) is 15.1 Å². The van der Waals surface area contributed by atoms with E-state index in [4.69, 9.17) is 16.3 Å². The normalized spacial score (nSPS) is 11.9. The predicted molar refractivity (Wildman–Crippen MR) is 108 cm³/mol. The molecule has 1 heterocycles. The highest BCUT2D eigenvalue weighted by Crippen LogP contribution is 2.25. The molecule has 0 aliphatic rings. The minimum atomic E-state index is -0.166. The molecule has 0 radical (unpaired) electrons. The molecule has 1 aromatic heterocycles. The average Bonchev–Trinajstić information content (AvgIpc) is 3.14. The van der Waals surface area contributed by atoms with Crippen LogP contribution in [0.4, 0.5) is 0 Å². The van der Waals surface area contributed by atoms with Crippen LogP contribution in [-0.2, 0) is 0 Å². The van der Waals surface area contributed by atoms with E-state index in [1.807, 2.05) is 50.2 Å². The fraction of sp³-hybridized carbons (Fsp3) is 0.238. The third-order valence-electron chi connectivity index (χ3n) is 4.37. The van der Waals surface area contributed by atoms with Crippen molar-refractivity contribution in [1.29, 1.82) is 0 Å². The van der Waals surface area contributed by atoms with Crippen molar-refractivity contribution in [2.24, 2.45) is 0 Å². The summed E-state index contributed by atoms with van der Waals surface area (Å²) in [5.74, 6) is 0.570. The van der Waals surface area contributed by atoms with Gasteiger partial charge in [0.05, 0.1) is 18.5 Å². The van der Waals surface area contributed by atoms with Gasteiger partial charge in [0.15, 0.2) is 0 Å². The maximum Gasteiger partial charge on any atom is 0.270 e. The molecule has 0 bridgehead atoms. The predicted octanol–water partition coefficient (Wildman–Crippen LogP) is 4.73. The van der Waals surface area contributed by atoms with Crippen LogP contribution in [0.15, 0.2) is 54.6 Å². The molecular weight excluding hydrogens is 362 g/mol. The molecule has 1 atom stereocenters. The van der Waals surface area contributed by atoms with Crippen molar-refractivity contribution < 1.29 is 9.53 Å². The van der Waals surface area contributed by atoms with E-state index in [1.165, 1.54) is 0 Å². The number of nitrogens with one attached hydrogen (secondary N) is 1. The monoisotopic (exact) mass is 383 g/mol. The smallest absolute Gasteiger partial charge is 0.270 e. The van der Waals surface area contributed by atoms with Crippen LogP contribution in [0.25, 0.3) is 16.9 Å². The van der Waals surface area contributed by atoms with Gasteiger partial charge in [0.1, 0.15) is 11.4 Å². The molecule has 6 heteroatoms. The van der Waals surface area contributed by atoms with Gasteiger partial charge < -0.3 is 10.1 Å². The Balaban J connectivity index is 2.07. The van der Waals surface area contributed by atoms with Gasteiger partial charge in [-0.3, -0.25) is 4.79 Å². The summed E-state index contributed by atoms with van der Waals surface area (Å²) in [5.41, 5.74) is 2.80. The summed E-state index contributed by atoms with van der Waals surface area (Å²) in [4.78, 5) is 12.8. The summed E-state index contributed by atoms with van der Waals surface area (Å²) >= 11 is 6.00. The second kappa shape index (κ2) is 8.27. The maximum atomic E-state index is 12.8. The van der Waals surface area contributed by atoms with E-state index in [0.29, 0.717) is 16.4 Å². The molecule has 3 rings (SSSR count). The van der Waals surface area contributed by atoms with Crippen LogP contribution in [-0.4, -0.2) is 28.8 Å². The molecular formula is C21H22ClN3O2. The van der Waals surface area contributed by atoms with Crippen LogP contribution < -0.4 is 10.1 Å². The van der Waals surface area contributed by atoms with Crippen LogP contribution >= 0.6 is 11.6 Å². The molecule has 0 saturated heterocycles. The van der Waals surface area contributed by atoms with E-state index >= 15 is 0 Å². The Bertz CT molecular complexity index is 935. The lowest BCUT2D eigenvalue weighted by Gasteiger charge is -2.12. The van der Waals surface area contributed by atoms with E-state index in [-0.39, 0.29) is 11.9 Å². The Labute approximate surface area is 163 Å². The molecule has 0 aliphatic carbocycles. The van der Waals surface area contributed by atoms with Crippen LogP contribution in [0.5, 0.6) is 5.75 Å². The first-order valence-electron chi connectivity index (χ1n) is 8.83. The Morgan fingerprint density at radius 3 is 2.63 bits per heavy atom. The third kappa shape index (κ3) is 4.31. The van der Waals surface area contributed by atoms with Crippen molar-refractivity contribution in [2.75, 3.05) is 7.11 Å². The van der Waals surface area contributed by atoms with Crippen molar-refractivity contribution in [2.45, 2.75) is 26.3 Å². The standard InChI is InChI=1S/C21H22ClN3O2/c1-4-14(2)23-21(26)20-13-19(15-6-5-7-18(12-15)27-3)24-25(20)17-10-8-16(22)9-11-17/h5-14H,4H2,1-3H3,(H,23,26)/t14-/m1/s1. The molecule has 1 amide bonds. The van der Waals surface area contributed by atoms with Crippen molar-refractivity contribution in [3.8, 4) is 22.7 Å². The minimum Gasteiger partial charge on any atom is -0.497 e. The first-order chi connectivity index (χ1) is 13.0. The van der Waals surface area contributed by atoms with Crippen LogP contribution in [0.2, 0.25) is 5.02 Å². The molecule has 0 aliphatic heterocycles. The van der Waals surface area contributed by atoms with Gasteiger partial charge in [0.2, 0.25) is 0 Å². The number of ether oxygens (including phenoxy) is 1. The summed E-state index contributed by atoms with van der Waals surface area (Å²) < 4.78 is 6.94. The topological polar surface area (TPSA) is 56.1 Å². The van der Waals surface area contributed by atoms with Crippen molar-refractivity contribution in [3.05, 3.63) is 65.3 Å². The Hall–Kier alpha value is -2.79. The fourth-order valence-electron chi connectivity index (χ4n) is 2.65. The number of halogens is 1. The summed E-state index contributed by atoms with van der Waals surface area (Å²) in [5, 5.41) is 8.30. The zero-order chi connectivity index (χ0) is 19.4. The van der Waals surface area contributed by atoms with Gasteiger partial charge in [-0.05, 0) is 55.8 Å². The first-order valence-corrected chi connectivity index (χ1v) is 9.21. The number of benzene rings is 2. The molecule has 0 spiro atoms. The lowest BCUT2D eigenvalue weighted by atomic mass is 10.1.